The molecule has 0 saturated carbocycles. The summed E-state index contributed by atoms with van der Waals surface area (Å²) in [6.45, 7) is 0. The van der Waals surface area contributed by atoms with E-state index in [1.54, 1.807) is 18.3 Å². The van der Waals surface area contributed by atoms with Crippen molar-refractivity contribution in [2.45, 2.75) is 0 Å². The number of nitrogens with zero attached hydrogens (tertiary/aromatic N) is 1. The first-order valence-electron chi connectivity index (χ1n) is 2.64. The van der Waals surface area contributed by atoms with Gasteiger partial charge in [0, 0.05) is 11.9 Å². The summed E-state index contributed by atoms with van der Waals surface area (Å²) < 4.78 is 0. The van der Waals surface area contributed by atoms with Gasteiger partial charge in [-0.25, -0.2) is 4.98 Å². The highest BCUT2D eigenvalue weighted by Gasteiger charge is 1.89. The van der Waals surface area contributed by atoms with Crippen molar-refractivity contribution in [1.82, 2.24) is 4.98 Å². The van der Waals surface area contributed by atoms with Gasteiger partial charge in [-0.05, 0) is 12.1 Å². The van der Waals surface area contributed by atoms with E-state index < -0.39 is 0 Å². The number of pyridine rings is 1. The van der Waals surface area contributed by atoms with Crippen LogP contribution in [-0.2, 0) is 0 Å². The molecule has 0 aromatic carbocycles. The summed E-state index contributed by atoms with van der Waals surface area (Å²) in [6, 6.07) is 3.49. The predicted octanol–water partition coefficient (Wildman–Crippen LogP) is 2.10. The lowest BCUT2D eigenvalue weighted by Gasteiger charge is -1.96. The lowest BCUT2D eigenvalue weighted by molar-refractivity contribution is 1.33. The number of hydrogen-bond acceptors (Lipinski definition) is 2. The third kappa shape index (κ3) is 1.93. The second-order valence-electron chi connectivity index (χ2n) is 1.63. The smallest absolute Gasteiger partial charge is 0.131 e. The van der Waals surface area contributed by atoms with Crippen LogP contribution < -0.4 is 5.32 Å². The molecular formula is C6H5ClN2S. The Kier molecular flexibility index (Phi) is 2.59. The van der Waals surface area contributed by atoms with Crippen LogP contribution in [0.2, 0.25) is 5.15 Å². The first kappa shape index (κ1) is 7.44. The molecule has 1 aromatic rings. The highest BCUT2D eigenvalue weighted by molar-refractivity contribution is 7.79. The van der Waals surface area contributed by atoms with Crippen molar-refractivity contribution in [3.05, 3.63) is 23.5 Å². The van der Waals surface area contributed by atoms with Crippen LogP contribution in [0.25, 0.3) is 0 Å². The van der Waals surface area contributed by atoms with Crippen LogP contribution in [0.3, 0.4) is 0 Å². The number of anilines is 1. The minimum atomic E-state index is 0.460. The molecule has 10 heavy (non-hydrogen) atoms. The third-order valence-corrected chi connectivity index (χ3v) is 1.28. The molecule has 0 fully saturated rings. The first-order valence-corrected chi connectivity index (χ1v) is 3.49. The average molecular weight is 173 g/mol. The highest BCUT2D eigenvalue weighted by Crippen LogP contribution is 2.10. The Labute approximate surface area is 69.2 Å². The standard InChI is InChI=1S/C6H5ClN2S/c7-6-3-5(9-4-10)1-2-8-6/h1-4H,(H,8,9,10). The van der Waals surface area contributed by atoms with Crippen molar-refractivity contribution < 1.29 is 0 Å². The van der Waals surface area contributed by atoms with Crippen LogP contribution in [0.1, 0.15) is 0 Å². The van der Waals surface area contributed by atoms with E-state index in [1.165, 1.54) is 5.49 Å². The van der Waals surface area contributed by atoms with Gasteiger partial charge in [-0.2, -0.15) is 0 Å². The fraction of sp³-hybridized carbons (Fsp3) is 0. The summed E-state index contributed by atoms with van der Waals surface area (Å²) in [6.07, 6.45) is 1.61. The molecular weight excluding hydrogens is 168 g/mol. The molecule has 0 radical (unpaired) electrons. The molecule has 0 aliphatic heterocycles. The summed E-state index contributed by atoms with van der Waals surface area (Å²) in [5.74, 6) is 0. The van der Waals surface area contributed by atoms with Crippen LogP contribution in [0.5, 0.6) is 0 Å². The largest absolute Gasteiger partial charge is 0.353 e. The lowest BCUT2D eigenvalue weighted by atomic mass is 10.4. The Balaban J connectivity index is 2.84. The summed E-state index contributed by atoms with van der Waals surface area (Å²) >= 11 is 10.2. The molecule has 0 aliphatic rings. The second-order valence-corrected chi connectivity index (χ2v) is 2.25. The number of aromatic nitrogens is 1. The maximum atomic E-state index is 5.58. The van der Waals surface area contributed by atoms with Crippen molar-refractivity contribution in [1.29, 1.82) is 0 Å². The summed E-state index contributed by atoms with van der Waals surface area (Å²) in [4.78, 5) is 3.80. The number of thiocarbonyl (C=S) groups is 1. The Morgan fingerprint density at radius 2 is 2.50 bits per heavy atom. The van der Waals surface area contributed by atoms with Crippen LogP contribution in [0, 0.1) is 0 Å². The fourth-order valence-corrected chi connectivity index (χ4v) is 0.870. The van der Waals surface area contributed by atoms with Gasteiger partial charge in [0.1, 0.15) is 5.15 Å². The van der Waals surface area contributed by atoms with Crippen molar-refractivity contribution in [3.8, 4) is 0 Å². The van der Waals surface area contributed by atoms with Gasteiger partial charge in [-0.1, -0.05) is 23.8 Å². The first-order chi connectivity index (χ1) is 4.83. The SMILES string of the molecule is S=CNc1ccnc(Cl)c1. The Morgan fingerprint density at radius 1 is 1.70 bits per heavy atom. The summed E-state index contributed by atoms with van der Waals surface area (Å²) in [5.41, 5.74) is 2.28. The predicted molar refractivity (Wildman–Crippen MR) is 46.5 cm³/mol. The lowest BCUT2D eigenvalue weighted by Crippen LogP contribution is -1.91. The zero-order valence-corrected chi connectivity index (χ0v) is 6.62. The van der Waals surface area contributed by atoms with Crippen molar-refractivity contribution in [2.75, 3.05) is 5.32 Å². The second kappa shape index (κ2) is 3.49. The highest BCUT2D eigenvalue weighted by atomic mass is 35.5. The Morgan fingerprint density at radius 3 is 3.10 bits per heavy atom. The molecule has 0 bridgehead atoms. The van der Waals surface area contributed by atoms with E-state index in [4.69, 9.17) is 11.6 Å². The topological polar surface area (TPSA) is 24.9 Å². The average Bonchev–Trinajstić information content (AvgIpc) is 1.88. The molecule has 1 N–H and O–H groups in total. The van der Waals surface area contributed by atoms with Gasteiger partial charge in [-0.3, -0.25) is 0 Å². The van der Waals surface area contributed by atoms with Gasteiger partial charge >= 0.3 is 0 Å². The Bertz CT molecular complexity index is 239. The van der Waals surface area contributed by atoms with E-state index in [9.17, 15) is 0 Å². The number of rotatable bonds is 2. The molecule has 1 rings (SSSR count). The zero-order chi connectivity index (χ0) is 7.40. The van der Waals surface area contributed by atoms with E-state index in [0.717, 1.165) is 5.69 Å². The number of halogens is 1. The maximum Gasteiger partial charge on any atom is 0.131 e. The summed E-state index contributed by atoms with van der Waals surface area (Å²) in [7, 11) is 0. The summed E-state index contributed by atoms with van der Waals surface area (Å²) in [5, 5.41) is 3.27. The van der Waals surface area contributed by atoms with Crippen LogP contribution in [-0.4, -0.2) is 10.5 Å². The quantitative estimate of drug-likeness (QED) is 0.547. The Hall–Kier alpha value is -0.670. The van der Waals surface area contributed by atoms with Crippen molar-refractivity contribution in [3.63, 3.8) is 0 Å². The third-order valence-electron chi connectivity index (χ3n) is 0.952. The van der Waals surface area contributed by atoms with E-state index in [1.807, 2.05) is 0 Å². The molecule has 1 heterocycles. The van der Waals surface area contributed by atoms with Gasteiger partial charge in [0.05, 0.1) is 5.49 Å². The number of nitrogens with one attached hydrogen (secondary N) is 1. The van der Waals surface area contributed by atoms with Crippen LogP contribution in [0.15, 0.2) is 18.3 Å². The fourth-order valence-electron chi connectivity index (χ4n) is 0.560. The van der Waals surface area contributed by atoms with E-state index in [-0.39, 0.29) is 0 Å². The monoisotopic (exact) mass is 172 g/mol. The van der Waals surface area contributed by atoms with E-state index >= 15 is 0 Å². The molecule has 0 unspecified atom stereocenters. The molecule has 0 saturated heterocycles. The molecule has 0 spiro atoms. The minimum Gasteiger partial charge on any atom is -0.353 e. The van der Waals surface area contributed by atoms with E-state index in [0.29, 0.717) is 5.15 Å². The maximum absolute atomic E-state index is 5.58. The van der Waals surface area contributed by atoms with Crippen molar-refractivity contribution in [2.24, 2.45) is 0 Å². The van der Waals surface area contributed by atoms with E-state index in [2.05, 4.69) is 22.5 Å². The van der Waals surface area contributed by atoms with Crippen molar-refractivity contribution >= 4 is 35.0 Å². The van der Waals surface area contributed by atoms with Crippen LogP contribution in [0.4, 0.5) is 5.69 Å². The molecule has 52 valence electrons. The van der Waals surface area contributed by atoms with Gasteiger partial charge in [0.25, 0.3) is 0 Å². The normalized spacial score (nSPS) is 8.90. The minimum absolute atomic E-state index is 0.460. The zero-order valence-electron chi connectivity index (χ0n) is 5.04. The van der Waals surface area contributed by atoms with Gasteiger partial charge in [0.2, 0.25) is 0 Å². The number of hydrogen-bond donors (Lipinski definition) is 1. The van der Waals surface area contributed by atoms with Crippen LogP contribution >= 0.6 is 23.8 Å². The van der Waals surface area contributed by atoms with Gasteiger partial charge in [-0.15, -0.1) is 0 Å². The molecule has 2 nitrogen and oxygen atoms in total. The van der Waals surface area contributed by atoms with Gasteiger partial charge < -0.3 is 5.32 Å². The molecule has 0 atom stereocenters. The van der Waals surface area contributed by atoms with Gasteiger partial charge in [0.15, 0.2) is 0 Å². The molecule has 4 heteroatoms. The molecule has 1 aromatic heterocycles. The molecule has 0 aliphatic carbocycles. The molecule has 0 amide bonds.